The van der Waals surface area contributed by atoms with E-state index in [2.05, 4.69) is 20.3 Å². The maximum atomic E-state index is 12.5. The van der Waals surface area contributed by atoms with Gasteiger partial charge in [0.25, 0.3) is 5.91 Å². The molecule has 2 aromatic heterocycles. The third-order valence-electron chi connectivity index (χ3n) is 4.66. The number of amides is 1. The molecule has 2 aromatic carbocycles. The van der Waals surface area contributed by atoms with E-state index in [9.17, 15) is 9.59 Å². The number of nitrogens with zero attached hydrogens (tertiary/aromatic N) is 2. The monoisotopic (exact) mass is 448 g/mol. The summed E-state index contributed by atoms with van der Waals surface area (Å²) in [7, 11) is 1.59. The molecule has 1 unspecified atom stereocenters. The van der Waals surface area contributed by atoms with Gasteiger partial charge in [0, 0.05) is 28.9 Å². The fourth-order valence-electron chi connectivity index (χ4n) is 2.99. The zero-order valence-corrected chi connectivity index (χ0v) is 18.2. The number of nitrogens with one attached hydrogen (secondary N) is 2. The first kappa shape index (κ1) is 21.3. The zero-order chi connectivity index (χ0) is 22.5. The number of imidazole rings is 1. The molecule has 0 saturated heterocycles. The smallest absolute Gasteiger partial charge is 0.338 e. The van der Waals surface area contributed by atoms with Crippen molar-refractivity contribution in [3.8, 4) is 28.4 Å². The van der Waals surface area contributed by atoms with Gasteiger partial charge in [0.05, 0.1) is 18.4 Å². The molecule has 0 fully saturated rings. The Kier molecular flexibility index (Phi) is 6.27. The maximum absolute atomic E-state index is 12.5. The minimum atomic E-state index is -0.995. The third-order valence-corrected chi connectivity index (χ3v) is 5.42. The molecule has 2 N–H and O–H groups in total. The number of aromatic amines is 1. The van der Waals surface area contributed by atoms with Crippen LogP contribution in [-0.4, -0.2) is 40.0 Å². The Balaban J connectivity index is 1.37. The number of hydrogen-bond donors (Lipinski definition) is 2. The quantitative estimate of drug-likeness (QED) is 0.406. The number of ether oxygens (including phenoxy) is 2. The average molecular weight is 449 g/mol. The largest absolute Gasteiger partial charge is 0.496 e. The number of para-hydroxylation sites is 1. The van der Waals surface area contributed by atoms with E-state index in [0.29, 0.717) is 28.0 Å². The lowest BCUT2D eigenvalue weighted by molar-refractivity contribution is -0.123. The van der Waals surface area contributed by atoms with Gasteiger partial charge in [0.2, 0.25) is 0 Å². The molecule has 0 radical (unpaired) electrons. The number of anilines is 1. The number of carbonyl (C=O) groups excluding carboxylic acids is 2. The number of thiazole rings is 1. The van der Waals surface area contributed by atoms with Gasteiger partial charge < -0.3 is 14.5 Å². The third kappa shape index (κ3) is 4.68. The van der Waals surface area contributed by atoms with Gasteiger partial charge in [0.15, 0.2) is 11.2 Å². The highest BCUT2D eigenvalue weighted by atomic mass is 32.1. The summed E-state index contributed by atoms with van der Waals surface area (Å²) in [5.74, 6) is 0.337. The van der Waals surface area contributed by atoms with Crippen LogP contribution in [0.3, 0.4) is 0 Å². The molecule has 1 amide bonds. The first-order chi connectivity index (χ1) is 15.5. The summed E-state index contributed by atoms with van der Waals surface area (Å²) in [6.45, 7) is 1.51. The number of carbonyl (C=O) groups is 2. The SMILES string of the molecule is COc1ccccc1-c1csc(NC(=O)C(C)OC(=O)c2ccc(-c3ncc[nH]3)cc2)n1. The van der Waals surface area contributed by atoms with E-state index >= 15 is 0 Å². The predicted molar refractivity (Wildman–Crippen MR) is 122 cm³/mol. The van der Waals surface area contributed by atoms with Crippen molar-refractivity contribution < 1.29 is 19.1 Å². The molecule has 0 spiro atoms. The minimum absolute atomic E-state index is 0.340. The van der Waals surface area contributed by atoms with Gasteiger partial charge in [-0.1, -0.05) is 24.3 Å². The van der Waals surface area contributed by atoms with Crippen LogP contribution in [0.15, 0.2) is 66.3 Å². The van der Waals surface area contributed by atoms with Crippen LogP contribution in [0.1, 0.15) is 17.3 Å². The van der Waals surface area contributed by atoms with Crippen molar-refractivity contribution in [1.82, 2.24) is 15.0 Å². The molecule has 1 atom stereocenters. The van der Waals surface area contributed by atoms with E-state index in [-0.39, 0.29) is 0 Å². The van der Waals surface area contributed by atoms with Crippen LogP contribution < -0.4 is 10.1 Å². The lowest BCUT2D eigenvalue weighted by atomic mass is 10.1. The second kappa shape index (κ2) is 9.44. The maximum Gasteiger partial charge on any atom is 0.338 e. The fourth-order valence-corrected chi connectivity index (χ4v) is 3.70. The molecule has 162 valence electrons. The summed E-state index contributed by atoms with van der Waals surface area (Å²) < 4.78 is 10.7. The molecular weight excluding hydrogens is 428 g/mol. The highest BCUT2D eigenvalue weighted by Crippen LogP contribution is 2.31. The van der Waals surface area contributed by atoms with Crippen molar-refractivity contribution >= 4 is 28.3 Å². The molecule has 2 heterocycles. The van der Waals surface area contributed by atoms with Crippen LogP contribution in [-0.2, 0) is 9.53 Å². The van der Waals surface area contributed by atoms with E-state index < -0.39 is 18.0 Å². The first-order valence-electron chi connectivity index (χ1n) is 9.75. The van der Waals surface area contributed by atoms with Crippen LogP contribution >= 0.6 is 11.3 Å². The van der Waals surface area contributed by atoms with Gasteiger partial charge >= 0.3 is 5.97 Å². The number of aromatic nitrogens is 3. The summed E-state index contributed by atoms with van der Waals surface area (Å²) >= 11 is 1.28. The lowest BCUT2D eigenvalue weighted by Crippen LogP contribution is -2.29. The number of hydrogen-bond acceptors (Lipinski definition) is 7. The van der Waals surface area contributed by atoms with Crippen molar-refractivity contribution in [3.63, 3.8) is 0 Å². The second-order valence-corrected chi connectivity index (χ2v) is 7.65. The van der Waals surface area contributed by atoms with E-state index in [1.807, 2.05) is 29.6 Å². The van der Waals surface area contributed by atoms with Gasteiger partial charge in [-0.15, -0.1) is 11.3 Å². The topological polar surface area (TPSA) is 106 Å². The van der Waals surface area contributed by atoms with Crippen molar-refractivity contribution in [2.24, 2.45) is 0 Å². The van der Waals surface area contributed by atoms with Crippen molar-refractivity contribution in [3.05, 3.63) is 71.9 Å². The summed E-state index contributed by atoms with van der Waals surface area (Å²) in [6, 6.07) is 14.3. The Morgan fingerprint density at radius 2 is 1.91 bits per heavy atom. The average Bonchev–Trinajstić information content (AvgIpc) is 3.51. The first-order valence-corrected chi connectivity index (χ1v) is 10.6. The van der Waals surface area contributed by atoms with Gasteiger partial charge in [-0.3, -0.25) is 10.1 Å². The molecule has 0 aliphatic rings. The van der Waals surface area contributed by atoms with Crippen LogP contribution in [0.5, 0.6) is 5.75 Å². The van der Waals surface area contributed by atoms with Gasteiger partial charge in [-0.25, -0.2) is 14.8 Å². The number of H-pyrrole nitrogens is 1. The van der Waals surface area contributed by atoms with Crippen molar-refractivity contribution in [2.75, 3.05) is 12.4 Å². The Hall–Kier alpha value is -3.98. The van der Waals surface area contributed by atoms with Crippen molar-refractivity contribution in [2.45, 2.75) is 13.0 Å². The number of rotatable bonds is 7. The summed E-state index contributed by atoms with van der Waals surface area (Å²) in [5.41, 5.74) is 2.69. The Bertz CT molecular complexity index is 1220. The van der Waals surface area contributed by atoms with E-state index in [4.69, 9.17) is 9.47 Å². The molecule has 8 nitrogen and oxygen atoms in total. The van der Waals surface area contributed by atoms with Crippen LogP contribution in [0.4, 0.5) is 5.13 Å². The Morgan fingerprint density at radius 3 is 2.62 bits per heavy atom. The van der Waals surface area contributed by atoms with Crippen LogP contribution in [0, 0.1) is 0 Å². The second-order valence-electron chi connectivity index (χ2n) is 6.79. The van der Waals surface area contributed by atoms with E-state index in [0.717, 1.165) is 11.1 Å². The Labute approximate surface area is 188 Å². The molecule has 9 heteroatoms. The molecule has 0 aliphatic heterocycles. The summed E-state index contributed by atoms with van der Waals surface area (Å²) in [5, 5.41) is 4.92. The normalized spacial score (nSPS) is 11.6. The van der Waals surface area contributed by atoms with E-state index in [1.165, 1.54) is 18.3 Å². The fraction of sp³-hybridized carbons (Fsp3) is 0.130. The molecule has 32 heavy (non-hydrogen) atoms. The number of benzene rings is 2. The zero-order valence-electron chi connectivity index (χ0n) is 17.4. The van der Waals surface area contributed by atoms with Crippen molar-refractivity contribution in [1.29, 1.82) is 0 Å². The number of methoxy groups -OCH3 is 1. The van der Waals surface area contributed by atoms with Crippen LogP contribution in [0.2, 0.25) is 0 Å². The molecule has 0 saturated carbocycles. The van der Waals surface area contributed by atoms with E-state index in [1.54, 1.807) is 43.8 Å². The standard InChI is InChI=1S/C23H20N4O4S/c1-14(31-22(29)16-9-7-15(8-10-16)20-24-11-12-25-20)21(28)27-23-26-18(13-32-23)17-5-3-4-6-19(17)30-2/h3-14H,1-2H3,(H,24,25)(H,26,27,28). The van der Waals surface area contributed by atoms with Gasteiger partial charge in [-0.05, 0) is 31.2 Å². The van der Waals surface area contributed by atoms with Crippen LogP contribution in [0.25, 0.3) is 22.6 Å². The number of esters is 1. The molecule has 0 aliphatic carbocycles. The van der Waals surface area contributed by atoms with Gasteiger partial charge in [0.1, 0.15) is 11.6 Å². The summed E-state index contributed by atoms with van der Waals surface area (Å²) in [4.78, 5) is 36.5. The molecular formula is C23H20N4O4S. The molecule has 4 aromatic rings. The molecule has 0 bridgehead atoms. The lowest BCUT2D eigenvalue weighted by Gasteiger charge is -2.12. The summed E-state index contributed by atoms with van der Waals surface area (Å²) in [6.07, 6.45) is 2.38. The molecule has 4 rings (SSSR count). The van der Waals surface area contributed by atoms with Gasteiger partial charge in [-0.2, -0.15) is 0 Å². The Morgan fingerprint density at radius 1 is 1.12 bits per heavy atom. The predicted octanol–water partition coefficient (Wildman–Crippen LogP) is 4.39. The minimum Gasteiger partial charge on any atom is -0.496 e. The highest BCUT2D eigenvalue weighted by Gasteiger charge is 2.20. The highest BCUT2D eigenvalue weighted by molar-refractivity contribution is 7.14.